The molecule has 156 valence electrons. The number of nitrogens with zero attached hydrogens (tertiary/aromatic N) is 3. The topological polar surface area (TPSA) is 107 Å². The van der Waals surface area contributed by atoms with Crippen molar-refractivity contribution in [3.8, 4) is 0 Å². The number of nitrogens with two attached hydrogens (primary N) is 1. The monoisotopic (exact) mass is 408 g/mol. The van der Waals surface area contributed by atoms with Gasteiger partial charge in [0.25, 0.3) is 0 Å². The fraction of sp³-hybridized carbons (Fsp3) is 0.182. The SMILES string of the molecule is C=CC(=O)OCCN(CCOC(=O)C=C)c1ccc(/N=N/c2ccc(N)cc2)cc1. The van der Waals surface area contributed by atoms with Gasteiger partial charge in [0, 0.05) is 23.5 Å². The first kappa shape index (κ1) is 22.4. The summed E-state index contributed by atoms with van der Waals surface area (Å²) in [7, 11) is 0. The van der Waals surface area contributed by atoms with Crippen LogP contribution in [0.3, 0.4) is 0 Å². The van der Waals surface area contributed by atoms with Crippen LogP contribution in [0.15, 0.2) is 84.1 Å². The first-order chi connectivity index (χ1) is 14.5. The first-order valence-corrected chi connectivity index (χ1v) is 9.22. The highest BCUT2D eigenvalue weighted by Crippen LogP contribution is 2.22. The highest BCUT2D eigenvalue weighted by Gasteiger charge is 2.09. The zero-order valence-corrected chi connectivity index (χ0v) is 16.6. The molecular formula is C22H24N4O4. The number of azo groups is 1. The zero-order chi connectivity index (χ0) is 21.8. The summed E-state index contributed by atoms with van der Waals surface area (Å²) in [5.74, 6) is -0.988. The molecule has 0 saturated carbocycles. The quantitative estimate of drug-likeness (QED) is 0.261. The van der Waals surface area contributed by atoms with Crippen molar-refractivity contribution in [2.24, 2.45) is 10.2 Å². The Bertz CT molecular complexity index is 866. The summed E-state index contributed by atoms with van der Waals surface area (Å²) in [6, 6.07) is 14.4. The molecule has 2 N–H and O–H groups in total. The molecule has 0 fully saturated rings. The van der Waals surface area contributed by atoms with Crippen LogP contribution in [0.1, 0.15) is 0 Å². The lowest BCUT2D eigenvalue weighted by atomic mass is 10.2. The van der Waals surface area contributed by atoms with Crippen LogP contribution in [-0.4, -0.2) is 38.2 Å². The van der Waals surface area contributed by atoms with Crippen molar-refractivity contribution >= 4 is 34.7 Å². The van der Waals surface area contributed by atoms with Gasteiger partial charge in [-0.2, -0.15) is 10.2 Å². The van der Waals surface area contributed by atoms with Gasteiger partial charge in [0.15, 0.2) is 0 Å². The largest absolute Gasteiger partial charge is 0.461 e. The van der Waals surface area contributed by atoms with Crippen LogP contribution in [0.2, 0.25) is 0 Å². The van der Waals surface area contributed by atoms with Crippen molar-refractivity contribution in [2.45, 2.75) is 0 Å². The van der Waals surface area contributed by atoms with Gasteiger partial charge in [-0.05, 0) is 48.5 Å². The maximum absolute atomic E-state index is 11.3. The number of nitrogen functional groups attached to an aromatic ring is 1. The lowest BCUT2D eigenvalue weighted by molar-refractivity contribution is -0.137. The van der Waals surface area contributed by atoms with E-state index >= 15 is 0 Å². The number of ether oxygens (including phenoxy) is 2. The molecule has 0 spiro atoms. The summed E-state index contributed by atoms with van der Waals surface area (Å²) in [6.45, 7) is 7.89. The Hall–Kier alpha value is -3.94. The normalized spacial score (nSPS) is 10.4. The smallest absolute Gasteiger partial charge is 0.330 e. The summed E-state index contributed by atoms with van der Waals surface area (Å²) in [5.41, 5.74) is 8.54. The Morgan fingerprint density at radius 2 is 1.27 bits per heavy atom. The van der Waals surface area contributed by atoms with Crippen LogP contribution in [0, 0.1) is 0 Å². The van der Waals surface area contributed by atoms with Gasteiger partial charge in [-0.15, -0.1) is 0 Å². The summed E-state index contributed by atoms with van der Waals surface area (Å²) < 4.78 is 10.1. The molecule has 0 aliphatic heterocycles. The third kappa shape index (κ3) is 7.59. The average molecular weight is 408 g/mol. The number of carbonyl (C=O) groups is 2. The third-order valence-corrected chi connectivity index (χ3v) is 3.93. The Labute approximate surface area is 175 Å². The van der Waals surface area contributed by atoms with Crippen molar-refractivity contribution < 1.29 is 19.1 Å². The van der Waals surface area contributed by atoms with Crippen LogP contribution in [-0.2, 0) is 19.1 Å². The van der Waals surface area contributed by atoms with Crippen molar-refractivity contribution in [3.63, 3.8) is 0 Å². The molecule has 0 radical (unpaired) electrons. The van der Waals surface area contributed by atoms with Crippen molar-refractivity contribution in [2.75, 3.05) is 36.9 Å². The molecule has 0 aromatic heterocycles. The second-order valence-corrected chi connectivity index (χ2v) is 6.04. The zero-order valence-electron chi connectivity index (χ0n) is 16.6. The van der Waals surface area contributed by atoms with E-state index in [1.807, 2.05) is 29.2 Å². The summed E-state index contributed by atoms with van der Waals surface area (Å²) in [4.78, 5) is 24.4. The highest BCUT2D eigenvalue weighted by molar-refractivity contribution is 5.81. The third-order valence-electron chi connectivity index (χ3n) is 3.93. The van der Waals surface area contributed by atoms with Crippen molar-refractivity contribution in [1.29, 1.82) is 0 Å². The van der Waals surface area contributed by atoms with Gasteiger partial charge in [-0.3, -0.25) is 0 Å². The second kappa shape index (κ2) is 11.8. The number of hydrogen-bond donors (Lipinski definition) is 1. The van der Waals surface area contributed by atoms with Crippen LogP contribution in [0.25, 0.3) is 0 Å². The fourth-order valence-electron chi connectivity index (χ4n) is 2.39. The minimum atomic E-state index is -0.494. The van der Waals surface area contributed by atoms with E-state index in [1.54, 1.807) is 24.3 Å². The number of rotatable bonds is 11. The van der Waals surface area contributed by atoms with Crippen molar-refractivity contribution in [3.05, 3.63) is 73.8 Å². The maximum Gasteiger partial charge on any atom is 0.330 e. The molecule has 0 atom stereocenters. The Morgan fingerprint density at radius 3 is 1.70 bits per heavy atom. The van der Waals surface area contributed by atoms with E-state index in [0.29, 0.717) is 30.2 Å². The van der Waals surface area contributed by atoms with Gasteiger partial charge in [0.05, 0.1) is 24.5 Å². The molecule has 2 aromatic carbocycles. The van der Waals surface area contributed by atoms with Crippen LogP contribution < -0.4 is 10.6 Å². The Kier molecular flexibility index (Phi) is 8.79. The van der Waals surface area contributed by atoms with E-state index in [2.05, 4.69) is 23.4 Å². The molecule has 0 bridgehead atoms. The predicted molar refractivity (Wildman–Crippen MR) is 116 cm³/mol. The number of hydrogen-bond acceptors (Lipinski definition) is 8. The van der Waals surface area contributed by atoms with Gasteiger partial charge in [-0.25, -0.2) is 9.59 Å². The number of benzene rings is 2. The van der Waals surface area contributed by atoms with E-state index in [9.17, 15) is 9.59 Å². The average Bonchev–Trinajstić information content (AvgIpc) is 2.77. The molecule has 0 aliphatic rings. The van der Waals surface area contributed by atoms with Gasteiger partial charge in [0.1, 0.15) is 13.2 Å². The minimum absolute atomic E-state index is 0.166. The molecule has 2 aromatic rings. The first-order valence-electron chi connectivity index (χ1n) is 9.22. The van der Waals surface area contributed by atoms with E-state index in [0.717, 1.165) is 17.8 Å². The molecule has 30 heavy (non-hydrogen) atoms. The predicted octanol–water partition coefficient (Wildman–Crippen LogP) is 3.95. The van der Waals surface area contributed by atoms with E-state index in [1.165, 1.54) is 0 Å². The fourth-order valence-corrected chi connectivity index (χ4v) is 2.39. The van der Waals surface area contributed by atoms with Crippen LogP contribution >= 0.6 is 0 Å². The molecule has 8 heteroatoms. The molecule has 8 nitrogen and oxygen atoms in total. The molecular weight excluding hydrogens is 384 g/mol. The molecule has 0 aliphatic carbocycles. The standard InChI is InChI=1S/C22H24N4O4/c1-3-21(27)29-15-13-26(14-16-30-22(28)4-2)20-11-9-19(10-12-20)25-24-18-7-5-17(23)6-8-18/h3-12H,1-2,13-16,23H2/b25-24+. The molecule has 0 amide bonds. The Balaban J connectivity index is 2.02. The highest BCUT2D eigenvalue weighted by atomic mass is 16.5. The lowest BCUT2D eigenvalue weighted by Gasteiger charge is -2.24. The second-order valence-electron chi connectivity index (χ2n) is 6.04. The summed E-state index contributed by atoms with van der Waals surface area (Å²) >= 11 is 0. The number of carbonyl (C=O) groups excluding carboxylic acids is 2. The summed E-state index contributed by atoms with van der Waals surface area (Å²) in [6.07, 6.45) is 2.22. The van der Waals surface area contributed by atoms with Gasteiger partial charge < -0.3 is 20.1 Å². The number of anilines is 2. The van der Waals surface area contributed by atoms with Gasteiger partial charge in [-0.1, -0.05) is 13.2 Å². The number of esters is 2. The van der Waals surface area contributed by atoms with E-state index in [4.69, 9.17) is 15.2 Å². The molecule has 0 unspecified atom stereocenters. The van der Waals surface area contributed by atoms with Gasteiger partial charge in [0.2, 0.25) is 0 Å². The molecule has 0 heterocycles. The minimum Gasteiger partial charge on any atom is -0.461 e. The van der Waals surface area contributed by atoms with Gasteiger partial charge >= 0.3 is 11.9 Å². The maximum atomic E-state index is 11.3. The Morgan fingerprint density at radius 1 is 0.833 bits per heavy atom. The van der Waals surface area contributed by atoms with Crippen LogP contribution in [0.4, 0.5) is 22.7 Å². The molecule has 2 rings (SSSR count). The van der Waals surface area contributed by atoms with Crippen LogP contribution in [0.5, 0.6) is 0 Å². The van der Waals surface area contributed by atoms with E-state index < -0.39 is 11.9 Å². The summed E-state index contributed by atoms with van der Waals surface area (Å²) in [5, 5.41) is 8.38. The van der Waals surface area contributed by atoms with E-state index in [-0.39, 0.29) is 13.2 Å². The van der Waals surface area contributed by atoms with Crippen molar-refractivity contribution in [1.82, 2.24) is 0 Å². The lowest BCUT2D eigenvalue weighted by Crippen LogP contribution is -2.31. The molecule has 0 saturated heterocycles.